The van der Waals surface area contributed by atoms with Crippen molar-refractivity contribution < 1.29 is 4.74 Å². The summed E-state index contributed by atoms with van der Waals surface area (Å²) in [5.41, 5.74) is 8.17. The van der Waals surface area contributed by atoms with Gasteiger partial charge in [-0.2, -0.15) is 0 Å². The lowest BCUT2D eigenvalue weighted by Crippen LogP contribution is -2.09. The number of ether oxygens (including phenoxy) is 1. The maximum Gasteiger partial charge on any atom is 0.196 e. The van der Waals surface area contributed by atoms with E-state index in [0.29, 0.717) is 0 Å². The summed E-state index contributed by atoms with van der Waals surface area (Å²) in [6.45, 7) is 0. The molecule has 0 saturated carbocycles. The van der Waals surface area contributed by atoms with Crippen LogP contribution in [-0.4, -0.2) is 4.57 Å². The largest absolute Gasteiger partial charge is 0.464 e. The minimum absolute atomic E-state index is 0.223. The molecule has 0 bridgehead atoms. The fourth-order valence-electron chi connectivity index (χ4n) is 6.41. The second-order valence-electron chi connectivity index (χ2n) is 10.6. The Hall–Kier alpha value is -5.06. The average molecular weight is 545 g/mol. The molecule has 4 heteroatoms. The molecule has 1 unspecified atom stereocenters. The van der Waals surface area contributed by atoms with Gasteiger partial charge in [0.25, 0.3) is 0 Å². The molecule has 0 amide bonds. The van der Waals surface area contributed by atoms with Crippen molar-refractivity contribution in [2.75, 3.05) is 5.32 Å². The SMILES string of the molecule is c1ccc(-n2c3ccccc3c3c(-c4ccc(C5Nc6ccc7sc8ccccc8c7c6O5)cc4)cccc32)cc1. The lowest BCUT2D eigenvalue weighted by atomic mass is 9.98. The molecule has 0 spiro atoms. The fourth-order valence-corrected chi connectivity index (χ4v) is 7.52. The first-order valence-electron chi connectivity index (χ1n) is 13.9. The van der Waals surface area contributed by atoms with Crippen LogP contribution in [0, 0.1) is 0 Å². The van der Waals surface area contributed by atoms with Crippen LogP contribution in [-0.2, 0) is 0 Å². The van der Waals surface area contributed by atoms with Crippen LogP contribution >= 0.6 is 11.3 Å². The third-order valence-corrected chi connectivity index (χ3v) is 9.39. The molecule has 8 aromatic rings. The number of hydrogen-bond donors (Lipinski definition) is 1. The third-order valence-electron chi connectivity index (χ3n) is 8.25. The molecule has 2 aromatic heterocycles. The predicted octanol–water partition coefficient (Wildman–Crippen LogP) is 10.3. The van der Waals surface area contributed by atoms with Gasteiger partial charge in [-0.15, -0.1) is 11.3 Å². The molecule has 0 fully saturated rings. The zero-order valence-corrected chi connectivity index (χ0v) is 22.9. The van der Waals surface area contributed by atoms with E-state index >= 15 is 0 Å². The summed E-state index contributed by atoms with van der Waals surface area (Å²) in [5.74, 6) is 0.951. The quantitative estimate of drug-likeness (QED) is 0.239. The van der Waals surface area contributed by atoms with E-state index in [2.05, 4.69) is 143 Å². The number of nitrogens with one attached hydrogen (secondary N) is 1. The fraction of sp³-hybridized carbons (Fsp3) is 0.0270. The van der Waals surface area contributed by atoms with Crippen LogP contribution < -0.4 is 10.1 Å². The normalized spacial score (nSPS) is 14.5. The second kappa shape index (κ2) is 8.72. The molecule has 9 rings (SSSR count). The maximum absolute atomic E-state index is 6.59. The zero-order chi connectivity index (χ0) is 26.9. The maximum atomic E-state index is 6.59. The summed E-state index contributed by atoms with van der Waals surface area (Å²) in [6, 6.07) is 47.7. The number of anilines is 1. The number of hydrogen-bond acceptors (Lipinski definition) is 3. The Bertz CT molecular complexity index is 2260. The minimum Gasteiger partial charge on any atom is -0.464 e. The number of nitrogens with zero attached hydrogens (tertiary/aromatic N) is 1. The highest BCUT2D eigenvalue weighted by Gasteiger charge is 2.27. The van der Waals surface area contributed by atoms with Crippen molar-refractivity contribution in [1.82, 2.24) is 4.57 Å². The molecule has 0 saturated heterocycles. The van der Waals surface area contributed by atoms with Crippen LogP contribution in [0.5, 0.6) is 5.75 Å². The van der Waals surface area contributed by atoms with E-state index in [1.54, 1.807) is 0 Å². The van der Waals surface area contributed by atoms with Crippen molar-refractivity contribution in [2.45, 2.75) is 6.23 Å². The van der Waals surface area contributed by atoms with E-state index < -0.39 is 0 Å². The summed E-state index contributed by atoms with van der Waals surface area (Å²) in [6.07, 6.45) is -0.223. The van der Waals surface area contributed by atoms with E-state index in [1.807, 2.05) is 11.3 Å². The van der Waals surface area contributed by atoms with E-state index in [1.165, 1.54) is 58.8 Å². The van der Waals surface area contributed by atoms with E-state index in [4.69, 9.17) is 4.74 Å². The molecule has 1 atom stereocenters. The van der Waals surface area contributed by atoms with Gasteiger partial charge in [-0.1, -0.05) is 91.0 Å². The second-order valence-corrected chi connectivity index (χ2v) is 11.6. The molecule has 0 radical (unpaired) electrons. The Morgan fingerprint density at radius 3 is 2.22 bits per heavy atom. The number of rotatable bonds is 3. The summed E-state index contributed by atoms with van der Waals surface area (Å²) in [5, 5.41) is 8.60. The minimum atomic E-state index is -0.223. The number of aromatic nitrogens is 1. The molecule has 194 valence electrons. The standard InChI is InChI=1S/C37H24N2OS/c1-2-9-25(10-3-1)39-30-14-6-4-11-27(30)34-26(13-8-15-31(34)39)23-17-19-24(20-18-23)37-38-29-21-22-33-35(36(29)40-37)28-12-5-7-16-32(28)41-33/h1-22,37-38H. The predicted molar refractivity (Wildman–Crippen MR) is 173 cm³/mol. The van der Waals surface area contributed by atoms with Crippen molar-refractivity contribution in [3.05, 3.63) is 139 Å². The van der Waals surface area contributed by atoms with Gasteiger partial charge >= 0.3 is 0 Å². The molecular formula is C37H24N2OS. The first-order chi connectivity index (χ1) is 20.3. The summed E-state index contributed by atoms with van der Waals surface area (Å²) in [7, 11) is 0. The van der Waals surface area contributed by atoms with Crippen LogP contribution in [0.4, 0.5) is 5.69 Å². The van der Waals surface area contributed by atoms with Gasteiger partial charge in [0.1, 0.15) is 0 Å². The van der Waals surface area contributed by atoms with Crippen LogP contribution in [0.15, 0.2) is 133 Å². The van der Waals surface area contributed by atoms with Crippen molar-refractivity contribution in [1.29, 1.82) is 0 Å². The Labute approximate surface area is 240 Å². The number of benzene rings is 6. The monoisotopic (exact) mass is 544 g/mol. The molecule has 41 heavy (non-hydrogen) atoms. The molecule has 1 aliphatic rings. The lowest BCUT2D eigenvalue weighted by molar-refractivity contribution is 0.263. The highest BCUT2D eigenvalue weighted by molar-refractivity contribution is 7.25. The van der Waals surface area contributed by atoms with Crippen LogP contribution in [0.1, 0.15) is 11.8 Å². The van der Waals surface area contributed by atoms with Gasteiger partial charge in [-0.25, -0.2) is 0 Å². The van der Waals surface area contributed by atoms with Crippen molar-refractivity contribution in [3.63, 3.8) is 0 Å². The Kier molecular flexibility index (Phi) is 4.83. The Balaban J connectivity index is 1.12. The van der Waals surface area contributed by atoms with Crippen LogP contribution in [0.3, 0.4) is 0 Å². The molecule has 3 nitrogen and oxygen atoms in total. The Morgan fingerprint density at radius 1 is 0.585 bits per heavy atom. The molecule has 1 aliphatic heterocycles. The van der Waals surface area contributed by atoms with Crippen LogP contribution in [0.25, 0.3) is 58.8 Å². The number of fused-ring (bicyclic) bond motifs is 8. The van der Waals surface area contributed by atoms with E-state index in [9.17, 15) is 0 Å². The van der Waals surface area contributed by atoms with Gasteiger partial charge in [-0.05, 0) is 53.6 Å². The number of thiophene rings is 1. The van der Waals surface area contributed by atoms with E-state index in [-0.39, 0.29) is 6.23 Å². The summed E-state index contributed by atoms with van der Waals surface area (Å²) < 4.78 is 11.5. The van der Waals surface area contributed by atoms with Gasteiger partial charge in [0.2, 0.25) is 0 Å². The van der Waals surface area contributed by atoms with Crippen molar-refractivity contribution in [2.24, 2.45) is 0 Å². The molecule has 0 aliphatic carbocycles. The topological polar surface area (TPSA) is 26.2 Å². The first kappa shape index (κ1) is 22.7. The average Bonchev–Trinajstić information content (AvgIpc) is 3.73. The van der Waals surface area contributed by atoms with Gasteiger partial charge in [0.05, 0.1) is 16.7 Å². The zero-order valence-electron chi connectivity index (χ0n) is 22.0. The lowest BCUT2D eigenvalue weighted by Gasteiger charge is -2.13. The smallest absolute Gasteiger partial charge is 0.196 e. The van der Waals surface area contributed by atoms with Gasteiger partial charge in [0, 0.05) is 42.2 Å². The summed E-state index contributed by atoms with van der Waals surface area (Å²) in [4.78, 5) is 0. The summed E-state index contributed by atoms with van der Waals surface area (Å²) >= 11 is 1.82. The van der Waals surface area contributed by atoms with Gasteiger partial charge < -0.3 is 14.6 Å². The Morgan fingerprint density at radius 2 is 1.34 bits per heavy atom. The molecule has 3 heterocycles. The van der Waals surface area contributed by atoms with Crippen molar-refractivity contribution in [3.8, 4) is 22.6 Å². The van der Waals surface area contributed by atoms with Gasteiger partial charge in [0.15, 0.2) is 12.0 Å². The molecule has 6 aromatic carbocycles. The third kappa shape index (κ3) is 3.38. The number of para-hydroxylation sites is 2. The highest BCUT2D eigenvalue weighted by Crippen LogP contribution is 2.48. The van der Waals surface area contributed by atoms with Gasteiger partial charge in [-0.3, -0.25) is 0 Å². The van der Waals surface area contributed by atoms with Crippen molar-refractivity contribution >= 4 is 59.0 Å². The van der Waals surface area contributed by atoms with Crippen LogP contribution in [0.2, 0.25) is 0 Å². The highest BCUT2D eigenvalue weighted by atomic mass is 32.1. The first-order valence-corrected chi connectivity index (χ1v) is 14.7. The molecule has 1 N–H and O–H groups in total. The molecular weight excluding hydrogens is 520 g/mol. The van der Waals surface area contributed by atoms with E-state index in [0.717, 1.165) is 17.0 Å².